The van der Waals surface area contributed by atoms with Crippen molar-refractivity contribution in [1.29, 1.82) is 0 Å². The molecule has 2 aliphatic rings. The number of fused-ring (bicyclic) bond motifs is 1. The molecule has 4 rings (SSSR count). The fourth-order valence-corrected chi connectivity index (χ4v) is 4.06. The van der Waals surface area contributed by atoms with Crippen LogP contribution in [0.25, 0.3) is 0 Å². The van der Waals surface area contributed by atoms with Crippen LogP contribution in [0.15, 0.2) is 24.7 Å². The van der Waals surface area contributed by atoms with Crippen LogP contribution in [0.2, 0.25) is 0 Å². The molecule has 7 heteroatoms. The topological polar surface area (TPSA) is 67.2 Å². The number of piperidine rings is 1. The quantitative estimate of drug-likeness (QED) is 0.822. The van der Waals surface area contributed by atoms with Crippen molar-refractivity contribution in [3.05, 3.63) is 41.7 Å². The fraction of sp³-hybridized carbons (Fsp3) is 0.600. The molecule has 7 nitrogen and oxygen atoms in total. The van der Waals surface area contributed by atoms with E-state index in [-0.39, 0.29) is 11.8 Å². The summed E-state index contributed by atoms with van der Waals surface area (Å²) in [5.74, 6) is 1.55. The molecule has 0 radical (unpaired) electrons. The van der Waals surface area contributed by atoms with E-state index in [9.17, 15) is 4.79 Å². The van der Waals surface area contributed by atoms with Crippen LogP contribution >= 0.6 is 0 Å². The molecule has 0 spiro atoms. The summed E-state index contributed by atoms with van der Waals surface area (Å²) < 4.78 is 1.82. The zero-order chi connectivity index (χ0) is 18.8. The van der Waals surface area contributed by atoms with E-state index in [1.54, 1.807) is 6.20 Å². The molecule has 1 saturated heterocycles. The van der Waals surface area contributed by atoms with Crippen LogP contribution < -0.4 is 0 Å². The number of rotatable bonds is 4. The van der Waals surface area contributed by atoms with E-state index in [2.05, 4.69) is 22.0 Å². The summed E-state index contributed by atoms with van der Waals surface area (Å²) in [6.07, 6.45) is 8.67. The fourth-order valence-electron chi connectivity index (χ4n) is 4.06. The van der Waals surface area contributed by atoms with Crippen LogP contribution in [-0.2, 0) is 24.3 Å². The molecule has 2 aliphatic heterocycles. The predicted molar refractivity (Wildman–Crippen MR) is 102 cm³/mol. The second-order valence-corrected chi connectivity index (χ2v) is 7.92. The molecule has 1 fully saturated rings. The van der Waals surface area contributed by atoms with E-state index < -0.39 is 0 Å². The first kappa shape index (κ1) is 18.1. The molecule has 2 aromatic rings. The average molecular weight is 368 g/mol. The van der Waals surface area contributed by atoms with Gasteiger partial charge in [0.25, 0.3) is 0 Å². The molecule has 2 aromatic heterocycles. The summed E-state index contributed by atoms with van der Waals surface area (Å²) >= 11 is 0. The molecular weight excluding hydrogens is 340 g/mol. The number of nitrogens with zero attached hydrogens (tertiary/aromatic N) is 6. The van der Waals surface area contributed by atoms with E-state index >= 15 is 0 Å². The molecule has 0 bridgehead atoms. The number of amides is 1. The maximum absolute atomic E-state index is 12.8. The van der Waals surface area contributed by atoms with Crippen LogP contribution in [0, 0.1) is 5.92 Å². The SMILES string of the molecule is C[C@@H](Cn1cccn1)C(=O)N1CCc2nc(C3CCN(C)CC3)ncc2C1. The molecule has 0 saturated carbocycles. The lowest BCUT2D eigenvalue weighted by molar-refractivity contribution is -0.136. The predicted octanol–water partition coefficient (Wildman–Crippen LogP) is 1.70. The number of carbonyl (C=O) groups excluding carboxylic acids is 1. The summed E-state index contributed by atoms with van der Waals surface area (Å²) in [6.45, 7) is 6.16. The number of hydrogen-bond acceptors (Lipinski definition) is 5. The monoisotopic (exact) mass is 368 g/mol. The van der Waals surface area contributed by atoms with Crippen molar-refractivity contribution in [3.8, 4) is 0 Å². The van der Waals surface area contributed by atoms with Crippen molar-refractivity contribution in [2.45, 2.75) is 45.2 Å². The largest absolute Gasteiger partial charge is 0.338 e. The third-order valence-electron chi connectivity index (χ3n) is 5.79. The van der Waals surface area contributed by atoms with Crippen molar-refractivity contribution in [1.82, 2.24) is 29.5 Å². The first-order valence-electron chi connectivity index (χ1n) is 9.89. The molecular formula is C20H28N6O. The van der Waals surface area contributed by atoms with Crippen molar-refractivity contribution in [2.75, 3.05) is 26.7 Å². The molecule has 1 atom stereocenters. The van der Waals surface area contributed by atoms with Gasteiger partial charge in [0.15, 0.2) is 0 Å². The number of aromatic nitrogens is 4. The minimum atomic E-state index is -0.0918. The summed E-state index contributed by atoms with van der Waals surface area (Å²) in [7, 11) is 2.17. The summed E-state index contributed by atoms with van der Waals surface area (Å²) in [5, 5.41) is 4.20. The van der Waals surface area contributed by atoms with Crippen molar-refractivity contribution >= 4 is 5.91 Å². The van der Waals surface area contributed by atoms with Crippen molar-refractivity contribution in [2.24, 2.45) is 5.92 Å². The molecule has 4 heterocycles. The van der Waals surface area contributed by atoms with E-state index in [1.807, 2.05) is 35.0 Å². The average Bonchev–Trinajstić information content (AvgIpc) is 3.20. The highest BCUT2D eigenvalue weighted by Crippen LogP contribution is 2.27. The summed E-state index contributed by atoms with van der Waals surface area (Å²) in [5.41, 5.74) is 2.22. The highest BCUT2D eigenvalue weighted by atomic mass is 16.2. The van der Waals surface area contributed by atoms with Crippen LogP contribution in [-0.4, -0.2) is 62.1 Å². The lowest BCUT2D eigenvalue weighted by Crippen LogP contribution is -2.40. The Hall–Kier alpha value is -2.28. The Kier molecular flexibility index (Phi) is 5.20. The first-order chi connectivity index (χ1) is 13.1. The standard InChI is InChI=1S/C20H28N6O/c1-15(13-26-8-3-7-22-26)20(27)25-11-6-18-17(14-25)12-21-19(23-18)16-4-9-24(2)10-5-16/h3,7-8,12,15-16H,4-6,9-11,13-14H2,1-2H3/t15-/m0/s1. The zero-order valence-electron chi connectivity index (χ0n) is 16.2. The van der Waals surface area contributed by atoms with Gasteiger partial charge in [0.2, 0.25) is 5.91 Å². The molecule has 0 unspecified atom stereocenters. The third-order valence-corrected chi connectivity index (χ3v) is 5.79. The smallest absolute Gasteiger partial charge is 0.227 e. The van der Waals surface area contributed by atoms with E-state index in [1.165, 1.54) is 0 Å². The highest BCUT2D eigenvalue weighted by molar-refractivity contribution is 5.78. The van der Waals surface area contributed by atoms with Gasteiger partial charge in [-0.05, 0) is 39.0 Å². The Labute approximate surface area is 160 Å². The molecule has 0 aromatic carbocycles. The number of carbonyl (C=O) groups is 1. The first-order valence-corrected chi connectivity index (χ1v) is 9.89. The van der Waals surface area contributed by atoms with Gasteiger partial charge in [-0.2, -0.15) is 5.10 Å². The second kappa shape index (κ2) is 7.76. The number of hydrogen-bond donors (Lipinski definition) is 0. The van der Waals surface area contributed by atoms with Crippen molar-refractivity contribution < 1.29 is 4.79 Å². The Morgan fingerprint density at radius 3 is 2.85 bits per heavy atom. The Morgan fingerprint density at radius 1 is 1.30 bits per heavy atom. The van der Waals surface area contributed by atoms with E-state index in [0.29, 0.717) is 19.0 Å². The summed E-state index contributed by atoms with van der Waals surface area (Å²) in [6, 6.07) is 1.88. The van der Waals surface area contributed by atoms with Crippen LogP contribution in [0.4, 0.5) is 0 Å². The molecule has 1 amide bonds. The Bertz CT molecular complexity index is 782. The lowest BCUT2D eigenvalue weighted by atomic mass is 9.95. The van der Waals surface area contributed by atoms with Gasteiger partial charge in [-0.15, -0.1) is 0 Å². The molecule has 0 N–H and O–H groups in total. The Morgan fingerprint density at radius 2 is 2.11 bits per heavy atom. The van der Waals surface area contributed by atoms with Gasteiger partial charge in [0.1, 0.15) is 5.82 Å². The van der Waals surface area contributed by atoms with Crippen LogP contribution in [0.1, 0.15) is 42.8 Å². The maximum Gasteiger partial charge on any atom is 0.227 e. The maximum atomic E-state index is 12.8. The highest BCUT2D eigenvalue weighted by Gasteiger charge is 2.27. The van der Waals surface area contributed by atoms with Gasteiger partial charge in [-0.25, -0.2) is 9.97 Å². The molecule has 27 heavy (non-hydrogen) atoms. The van der Waals surface area contributed by atoms with Gasteiger partial charge in [0, 0.05) is 49.6 Å². The minimum absolute atomic E-state index is 0.0918. The van der Waals surface area contributed by atoms with E-state index in [0.717, 1.165) is 56.0 Å². The van der Waals surface area contributed by atoms with Crippen molar-refractivity contribution in [3.63, 3.8) is 0 Å². The number of likely N-dealkylation sites (tertiary alicyclic amines) is 1. The lowest BCUT2D eigenvalue weighted by Gasteiger charge is -2.31. The molecule has 0 aliphatic carbocycles. The second-order valence-electron chi connectivity index (χ2n) is 7.92. The van der Waals surface area contributed by atoms with Gasteiger partial charge in [0.05, 0.1) is 18.2 Å². The zero-order valence-corrected chi connectivity index (χ0v) is 16.2. The van der Waals surface area contributed by atoms with Crippen LogP contribution in [0.5, 0.6) is 0 Å². The van der Waals surface area contributed by atoms with Gasteiger partial charge >= 0.3 is 0 Å². The minimum Gasteiger partial charge on any atom is -0.338 e. The van der Waals surface area contributed by atoms with Gasteiger partial charge in [-0.1, -0.05) is 6.92 Å². The van der Waals surface area contributed by atoms with E-state index in [4.69, 9.17) is 4.98 Å². The summed E-state index contributed by atoms with van der Waals surface area (Å²) in [4.78, 5) is 26.7. The Balaban J connectivity index is 1.40. The third kappa shape index (κ3) is 4.03. The normalized spacial score (nSPS) is 19.7. The van der Waals surface area contributed by atoms with Crippen LogP contribution in [0.3, 0.4) is 0 Å². The van der Waals surface area contributed by atoms with Gasteiger partial charge < -0.3 is 9.80 Å². The van der Waals surface area contributed by atoms with Gasteiger partial charge in [-0.3, -0.25) is 9.48 Å². The molecule has 144 valence electrons.